The Balaban J connectivity index is 3.15. The standard InChI is InChI=1S/C9H11BrF3N3O2/c10-2-1-5(17)6(18)4-3-15-8(14)16-7(4)9(11,12)13/h3,5-6,17-18H,1-2H2,(H2,14,15,16). The number of nitrogens with two attached hydrogens (primary N) is 1. The van der Waals surface area contributed by atoms with Crippen LogP contribution in [0.4, 0.5) is 19.1 Å². The lowest BCUT2D eigenvalue weighted by atomic mass is 10.0. The van der Waals surface area contributed by atoms with Crippen molar-refractivity contribution in [1.82, 2.24) is 9.97 Å². The van der Waals surface area contributed by atoms with Gasteiger partial charge in [0.1, 0.15) is 6.10 Å². The van der Waals surface area contributed by atoms with Crippen LogP contribution in [0.5, 0.6) is 0 Å². The zero-order chi connectivity index (χ0) is 13.9. The molecule has 1 aromatic rings. The van der Waals surface area contributed by atoms with Gasteiger partial charge in [-0.25, -0.2) is 9.97 Å². The first-order valence-electron chi connectivity index (χ1n) is 4.89. The molecule has 0 saturated heterocycles. The third kappa shape index (κ3) is 3.53. The van der Waals surface area contributed by atoms with Crippen LogP contribution >= 0.6 is 15.9 Å². The van der Waals surface area contributed by atoms with E-state index in [4.69, 9.17) is 5.73 Å². The average molecular weight is 330 g/mol. The van der Waals surface area contributed by atoms with Crippen LogP contribution in [0.2, 0.25) is 0 Å². The predicted octanol–water partition coefficient (Wildman–Crippen LogP) is 1.26. The van der Waals surface area contributed by atoms with Crippen molar-refractivity contribution in [2.45, 2.75) is 24.8 Å². The zero-order valence-electron chi connectivity index (χ0n) is 9.02. The van der Waals surface area contributed by atoms with Gasteiger partial charge in [-0.15, -0.1) is 0 Å². The Morgan fingerprint density at radius 1 is 1.39 bits per heavy atom. The molecule has 1 heterocycles. The van der Waals surface area contributed by atoms with Crippen molar-refractivity contribution in [1.29, 1.82) is 0 Å². The second-order valence-electron chi connectivity index (χ2n) is 3.52. The van der Waals surface area contributed by atoms with Gasteiger partial charge in [-0.2, -0.15) is 13.2 Å². The Morgan fingerprint density at radius 2 is 2.00 bits per heavy atom. The number of alkyl halides is 4. The lowest BCUT2D eigenvalue weighted by Gasteiger charge is -2.20. The molecule has 2 atom stereocenters. The average Bonchev–Trinajstić information content (AvgIpc) is 2.27. The van der Waals surface area contributed by atoms with Gasteiger partial charge in [0.15, 0.2) is 5.69 Å². The van der Waals surface area contributed by atoms with E-state index in [2.05, 4.69) is 25.9 Å². The maximum Gasteiger partial charge on any atom is 0.433 e. The lowest BCUT2D eigenvalue weighted by Crippen LogP contribution is -2.24. The van der Waals surface area contributed by atoms with Crippen LogP contribution in [0.3, 0.4) is 0 Å². The molecule has 0 amide bonds. The van der Waals surface area contributed by atoms with Gasteiger partial charge in [0.25, 0.3) is 0 Å². The van der Waals surface area contributed by atoms with Gasteiger partial charge in [0, 0.05) is 17.1 Å². The number of nitrogen functional groups attached to an aromatic ring is 1. The molecular formula is C9H11BrF3N3O2. The van der Waals surface area contributed by atoms with Crippen LogP contribution in [-0.2, 0) is 6.18 Å². The molecule has 1 aromatic heterocycles. The summed E-state index contributed by atoms with van der Waals surface area (Å²) >= 11 is 3.02. The molecule has 0 spiro atoms. The van der Waals surface area contributed by atoms with E-state index in [0.717, 1.165) is 6.20 Å². The number of nitrogens with zero attached hydrogens (tertiary/aromatic N) is 2. The number of aliphatic hydroxyl groups excluding tert-OH is 2. The monoisotopic (exact) mass is 329 g/mol. The zero-order valence-corrected chi connectivity index (χ0v) is 10.6. The maximum absolute atomic E-state index is 12.7. The highest BCUT2D eigenvalue weighted by atomic mass is 79.9. The van der Waals surface area contributed by atoms with E-state index in [1.165, 1.54) is 0 Å². The number of hydrogen-bond acceptors (Lipinski definition) is 5. The minimum Gasteiger partial charge on any atom is -0.390 e. The van der Waals surface area contributed by atoms with E-state index in [0.29, 0.717) is 5.33 Å². The highest BCUT2D eigenvalue weighted by Gasteiger charge is 2.38. The van der Waals surface area contributed by atoms with Crippen molar-refractivity contribution in [3.63, 3.8) is 0 Å². The Kier molecular flexibility index (Phi) is 4.88. The van der Waals surface area contributed by atoms with Crippen LogP contribution in [-0.4, -0.2) is 31.6 Å². The van der Waals surface area contributed by atoms with Crippen LogP contribution in [0.25, 0.3) is 0 Å². The molecule has 0 saturated carbocycles. The van der Waals surface area contributed by atoms with Crippen LogP contribution in [0.1, 0.15) is 23.8 Å². The Hall–Kier alpha value is -0.930. The molecule has 0 aromatic carbocycles. The van der Waals surface area contributed by atoms with Gasteiger partial charge >= 0.3 is 6.18 Å². The quantitative estimate of drug-likeness (QED) is 0.723. The number of rotatable bonds is 4. The molecule has 4 N–H and O–H groups in total. The summed E-state index contributed by atoms with van der Waals surface area (Å²) in [7, 11) is 0. The molecule has 5 nitrogen and oxygen atoms in total. The molecule has 0 fully saturated rings. The van der Waals surface area contributed by atoms with E-state index in [1.54, 1.807) is 0 Å². The minimum absolute atomic E-state index is 0.0862. The van der Waals surface area contributed by atoms with Gasteiger partial charge in [0.05, 0.1) is 6.10 Å². The first kappa shape index (κ1) is 15.1. The summed E-state index contributed by atoms with van der Waals surface area (Å²) in [6.07, 6.45) is -6.99. The van der Waals surface area contributed by atoms with Gasteiger partial charge in [-0.05, 0) is 6.42 Å². The molecule has 0 radical (unpaired) electrons. The van der Waals surface area contributed by atoms with E-state index in [9.17, 15) is 23.4 Å². The van der Waals surface area contributed by atoms with E-state index in [-0.39, 0.29) is 6.42 Å². The summed E-state index contributed by atoms with van der Waals surface area (Å²) in [5.74, 6) is -0.548. The molecule has 9 heteroatoms. The highest BCUT2D eigenvalue weighted by Crippen LogP contribution is 2.34. The fraction of sp³-hybridized carbons (Fsp3) is 0.556. The fourth-order valence-corrected chi connectivity index (χ4v) is 1.79. The largest absolute Gasteiger partial charge is 0.433 e. The van der Waals surface area contributed by atoms with Gasteiger partial charge in [0.2, 0.25) is 5.95 Å². The molecule has 18 heavy (non-hydrogen) atoms. The number of aliphatic hydroxyl groups is 2. The second-order valence-corrected chi connectivity index (χ2v) is 4.31. The first-order valence-corrected chi connectivity index (χ1v) is 6.01. The summed E-state index contributed by atoms with van der Waals surface area (Å²) < 4.78 is 38.1. The summed E-state index contributed by atoms with van der Waals surface area (Å²) in [6.45, 7) is 0. The number of anilines is 1. The normalized spacial score (nSPS) is 15.4. The van der Waals surface area contributed by atoms with Crippen molar-refractivity contribution in [3.05, 3.63) is 17.5 Å². The smallest absolute Gasteiger partial charge is 0.390 e. The molecule has 1 rings (SSSR count). The van der Waals surface area contributed by atoms with Crippen molar-refractivity contribution in [2.75, 3.05) is 11.1 Å². The highest BCUT2D eigenvalue weighted by molar-refractivity contribution is 9.09. The van der Waals surface area contributed by atoms with E-state index >= 15 is 0 Å². The van der Waals surface area contributed by atoms with Crippen molar-refractivity contribution >= 4 is 21.9 Å². The van der Waals surface area contributed by atoms with Crippen molar-refractivity contribution < 1.29 is 23.4 Å². The third-order valence-electron chi connectivity index (χ3n) is 2.19. The SMILES string of the molecule is Nc1ncc(C(O)C(O)CCBr)c(C(F)(F)F)n1. The van der Waals surface area contributed by atoms with Crippen molar-refractivity contribution in [3.8, 4) is 0 Å². The van der Waals surface area contributed by atoms with Gasteiger partial charge < -0.3 is 15.9 Å². The molecule has 2 unspecified atom stereocenters. The maximum atomic E-state index is 12.7. The molecule has 0 aliphatic rings. The summed E-state index contributed by atoms with van der Waals surface area (Å²) in [5.41, 5.74) is 3.16. The molecular weight excluding hydrogens is 319 g/mol. The molecule has 0 aliphatic heterocycles. The predicted molar refractivity (Wildman–Crippen MR) is 60.8 cm³/mol. The van der Waals surface area contributed by atoms with Gasteiger partial charge in [-0.3, -0.25) is 0 Å². The lowest BCUT2D eigenvalue weighted by molar-refractivity contribution is -0.143. The molecule has 0 bridgehead atoms. The molecule has 102 valence electrons. The van der Waals surface area contributed by atoms with Gasteiger partial charge in [-0.1, -0.05) is 15.9 Å². The summed E-state index contributed by atoms with van der Waals surface area (Å²) in [5, 5.41) is 19.5. The molecule has 0 aliphatic carbocycles. The number of halogens is 4. The first-order chi connectivity index (χ1) is 8.27. The fourth-order valence-electron chi connectivity index (χ4n) is 1.33. The van der Waals surface area contributed by atoms with Crippen LogP contribution < -0.4 is 5.73 Å². The Morgan fingerprint density at radius 3 is 2.50 bits per heavy atom. The van der Waals surface area contributed by atoms with E-state index < -0.39 is 35.6 Å². The third-order valence-corrected chi connectivity index (χ3v) is 2.65. The minimum atomic E-state index is -4.78. The Bertz CT molecular complexity index is 417. The number of hydrogen-bond donors (Lipinski definition) is 3. The van der Waals surface area contributed by atoms with E-state index in [1.807, 2.05) is 0 Å². The van der Waals surface area contributed by atoms with Crippen molar-refractivity contribution in [2.24, 2.45) is 0 Å². The summed E-state index contributed by atoms with van der Waals surface area (Å²) in [6, 6.07) is 0. The van der Waals surface area contributed by atoms with Crippen LogP contribution in [0.15, 0.2) is 6.20 Å². The summed E-state index contributed by atoms with van der Waals surface area (Å²) in [4.78, 5) is 6.47. The van der Waals surface area contributed by atoms with Crippen LogP contribution in [0, 0.1) is 0 Å². The Labute approximate surface area is 109 Å². The number of aromatic nitrogens is 2. The topological polar surface area (TPSA) is 92.3 Å². The second kappa shape index (κ2) is 5.81.